The second kappa shape index (κ2) is 7.39. The van der Waals surface area contributed by atoms with Gasteiger partial charge < -0.3 is 21.1 Å². The predicted octanol–water partition coefficient (Wildman–Crippen LogP) is 1.87. The Morgan fingerprint density at radius 3 is 2.48 bits per heavy atom. The Balaban J connectivity index is 1.99. The minimum atomic E-state index is -0.259. The summed E-state index contributed by atoms with van der Waals surface area (Å²) in [6, 6.07) is 6.24. The number of benzene rings is 1. The summed E-state index contributed by atoms with van der Waals surface area (Å²) in [4.78, 5) is 8.19. The molecule has 0 aliphatic carbocycles. The molecule has 0 aliphatic heterocycles. The van der Waals surface area contributed by atoms with Gasteiger partial charge in [0.05, 0.1) is 6.61 Å². The molecular formula is C14H18FN5O. The van der Waals surface area contributed by atoms with Crippen LogP contribution in [0.15, 0.2) is 30.6 Å². The van der Waals surface area contributed by atoms with Crippen molar-refractivity contribution < 1.29 is 9.13 Å². The minimum Gasteiger partial charge on any atom is -0.393 e. The SMILES string of the molecule is COCCNc1ncnc(NCc2ccc(F)cc2)c1N. The zero-order chi connectivity index (χ0) is 15.1. The maximum Gasteiger partial charge on any atom is 0.155 e. The lowest BCUT2D eigenvalue weighted by molar-refractivity contribution is 0.210. The van der Waals surface area contributed by atoms with Crippen LogP contribution in [0.3, 0.4) is 0 Å². The molecule has 0 spiro atoms. The first-order valence-electron chi connectivity index (χ1n) is 6.52. The van der Waals surface area contributed by atoms with Crippen LogP contribution in [0.1, 0.15) is 5.56 Å². The number of methoxy groups -OCH3 is 1. The largest absolute Gasteiger partial charge is 0.393 e. The van der Waals surface area contributed by atoms with E-state index in [1.807, 2.05) is 0 Å². The van der Waals surface area contributed by atoms with Crippen LogP contribution in [0.5, 0.6) is 0 Å². The number of ether oxygens (including phenoxy) is 1. The van der Waals surface area contributed by atoms with E-state index in [1.165, 1.54) is 18.5 Å². The molecule has 0 radical (unpaired) electrons. The van der Waals surface area contributed by atoms with Gasteiger partial charge in [-0.1, -0.05) is 12.1 Å². The number of hydrogen-bond acceptors (Lipinski definition) is 6. The summed E-state index contributed by atoms with van der Waals surface area (Å²) in [5, 5.41) is 6.18. The highest BCUT2D eigenvalue weighted by Crippen LogP contribution is 2.22. The fourth-order valence-corrected chi connectivity index (χ4v) is 1.74. The quantitative estimate of drug-likeness (QED) is 0.675. The smallest absolute Gasteiger partial charge is 0.155 e. The average Bonchev–Trinajstić information content (AvgIpc) is 2.49. The van der Waals surface area contributed by atoms with Crippen molar-refractivity contribution in [3.63, 3.8) is 0 Å². The summed E-state index contributed by atoms with van der Waals surface area (Å²) in [5.74, 6) is 0.836. The van der Waals surface area contributed by atoms with Crippen molar-refractivity contribution in [1.82, 2.24) is 9.97 Å². The highest BCUT2D eigenvalue weighted by Gasteiger charge is 2.07. The first-order valence-corrected chi connectivity index (χ1v) is 6.52. The molecule has 7 heteroatoms. The Labute approximate surface area is 122 Å². The number of anilines is 3. The van der Waals surface area contributed by atoms with Crippen LogP contribution in [0, 0.1) is 5.82 Å². The third-order valence-electron chi connectivity index (χ3n) is 2.86. The molecule has 0 saturated heterocycles. The van der Waals surface area contributed by atoms with E-state index in [1.54, 1.807) is 19.2 Å². The molecular weight excluding hydrogens is 273 g/mol. The molecule has 112 valence electrons. The topological polar surface area (TPSA) is 85.1 Å². The maximum absolute atomic E-state index is 12.8. The standard InChI is InChI=1S/C14H18FN5O/c1-21-7-6-17-13-12(16)14(20-9-19-13)18-8-10-2-4-11(15)5-3-10/h2-5,9H,6-8,16H2,1H3,(H2,17,18,19,20). The molecule has 0 atom stereocenters. The van der Waals surface area contributed by atoms with Crippen LogP contribution >= 0.6 is 0 Å². The van der Waals surface area contributed by atoms with E-state index in [-0.39, 0.29) is 5.82 Å². The lowest BCUT2D eigenvalue weighted by Crippen LogP contribution is -2.13. The van der Waals surface area contributed by atoms with Crippen LogP contribution in [0.4, 0.5) is 21.7 Å². The molecule has 0 amide bonds. The molecule has 2 rings (SSSR count). The number of nitrogens with one attached hydrogen (secondary N) is 2. The Hall–Kier alpha value is -2.41. The summed E-state index contributed by atoms with van der Waals surface area (Å²) < 4.78 is 17.8. The summed E-state index contributed by atoms with van der Waals surface area (Å²) in [7, 11) is 1.63. The lowest BCUT2D eigenvalue weighted by Gasteiger charge is -2.12. The van der Waals surface area contributed by atoms with Crippen molar-refractivity contribution in [3.8, 4) is 0 Å². The van der Waals surface area contributed by atoms with E-state index in [2.05, 4.69) is 20.6 Å². The zero-order valence-electron chi connectivity index (χ0n) is 11.8. The van der Waals surface area contributed by atoms with Gasteiger partial charge in [0.1, 0.15) is 17.8 Å². The van der Waals surface area contributed by atoms with Crippen molar-refractivity contribution >= 4 is 17.3 Å². The monoisotopic (exact) mass is 291 g/mol. The Morgan fingerprint density at radius 1 is 1.14 bits per heavy atom. The number of halogens is 1. The molecule has 1 aromatic heterocycles. The van der Waals surface area contributed by atoms with Crippen LogP contribution < -0.4 is 16.4 Å². The van der Waals surface area contributed by atoms with E-state index in [4.69, 9.17) is 10.5 Å². The van der Waals surface area contributed by atoms with Crippen LogP contribution in [0.2, 0.25) is 0 Å². The summed E-state index contributed by atoms with van der Waals surface area (Å²) in [6.07, 6.45) is 1.43. The van der Waals surface area contributed by atoms with Gasteiger partial charge >= 0.3 is 0 Å². The van der Waals surface area contributed by atoms with E-state index in [9.17, 15) is 4.39 Å². The summed E-state index contributed by atoms with van der Waals surface area (Å²) in [5.41, 5.74) is 7.38. The lowest BCUT2D eigenvalue weighted by atomic mass is 10.2. The van der Waals surface area contributed by atoms with Crippen LogP contribution in [-0.4, -0.2) is 30.2 Å². The number of aromatic nitrogens is 2. The molecule has 1 heterocycles. The van der Waals surface area contributed by atoms with Crippen molar-refractivity contribution in [1.29, 1.82) is 0 Å². The fourth-order valence-electron chi connectivity index (χ4n) is 1.74. The van der Waals surface area contributed by atoms with Gasteiger partial charge in [-0.15, -0.1) is 0 Å². The molecule has 21 heavy (non-hydrogen) atoms. The van der Waals surface area contributed by atoms with Crippen molar-refractivity contribution in [2.24, 2.45) is 0 Å². The number of rotatable bonds is 7. The third-order valence-corrected chi connectivity index (χ3v) is 2.86. The zero-order valence-corrected chi connectivity index (χ0v) is 11.8. The number of nitrogen functional groups attached to an aromatic ring is 1. The second-order valence-corrected chi connectivity index (χ2v) is 4.38. The van der Waals surface area contributed by atoms with E-state index >= 15 is 0 Å². The number of hydrogen-bond donors (Lipinski definition) is 3. The van der Waals surface area contributed by atoms with Gasteiger partial charge in [-0.25, -0.2) is 14.4 Å². The van der Waals surface area contributed by atoms with Gasteiger partial charge in [0.15, 0.2) is 11.6 Å². The van der Waals surface area contributed by atoms with Crippen LogP contribution in [-0.2, 0) is 11.3 Å². The molecule has 2 aromatic rings. The molecule has 0 bridgehead atoms. The van der Waals surface area contributed by atoms with E-state index < -0.39 is 0 Å². The molecule has 1 aromatic carbocycles. The maximum atomic E-state index is 12.8. The van der Waals surface area contributed by atoms with Crippen molar-refractivity contribution in [2.45, 2.75) is 6.54 Å². The van der Waals surface area contributed by atoms with Gasteiger partial charge in [0, 0.05) is 20.2 Å². The van der Waals surface area contributed by atoms with Gasteiger partial charge in [-0.3, -0.25) is 0 Å². The molecule has 0 unspecified atom stereocenters. The molecule has 0 fully saturated rings. The van der Waals surface area contributed by atoms with Crippen molar-refractivity contribution in [2.75, 3.05) is 36.6 Å². The predicted molar refractivity (Wildman–Crippen MR) is 80.5 cm³/mol. The van der Waals surface area contributed by atoms with Gasteiger partial charge in [-0.05, 0) is 17.7 Å². The molecule has 6 nitrogen and oxygen atoms in total. The van der Waals surface area contributed by atoms with E-state index in [0.29, 0.717) is 37.0 Å². The number of nitrogens with zero attached hydrogens (tertiary/aromatic N) is 2. The summed E-state index contributed by atoms with van der Waals surface area (Å²) in [6.45, 7) is 1.66. The average molecular weight is 291 g/mol. The van der Waals surface area contributed by atoms with Gasteiger partial charge in [-0.2, -0.15) is 0 Å². The summed E-state index contributed by atoms with van der Waals surface area (Å²) >= 11 is 0. The van der Waals surface area contributed by atoms with Crippen molar-refractivity contribution in [3.05, 3.63) is 42.0 Å². The first kappa shape index (κ1) is 15.0. The normalized spacial score (nSPS) is 10.4. The van der Waals surface area contributed by atoms with Crippen LogP contribution in [0.25, 0.3) is 0 Å². The molecule has 0 aliphatic rings. The molecule has 0 saturated carbocycles. The Morgan fingerprint density at radius 2 is 1.81 bits per heavy atom. The Bertz CT molecular complexity index is 576. The second-order valence-electron chi connectivity index (χ2n) is 4.38. The Kier molecular flexibility index (Phi) is 5.28. The minimum absolute atomic E-state index is 0.259. The highest BCUT2D eigenvalue weighted by molar-refractivity contribution is 5.73. The molecule has 4 N–H and O–H groups in total. The fraction of sp³-hybridized carbons (Fsp3) is 0.286. The number of nitrogens with two attached hydrogens (primary N) is 1. The first-order chi connectivity index (χ1) is 10.2. The third kappa shape index (κ3) is 4.28. The highest BCUT2D eigenvalue weighted by atomic mass is 19.1. The van der Waals surface area contributed by atoms with E-state index in [0.717, 1.165) is 5.56 Å². The van der Waals surface area contributed by atoms with Gasteiger partial charge in [0.25, 0.3) is 0 Å². The van der Waals surface area contributed by atoms with Gasteiger partial charge in [0.2, 0.25) is 0 Å².